The first-order valence-corrected chi connectivity index (χ1v) is 9.90. The zero-order chi connectivity index (χ0) is 20.3. The number of aryl methyl sites for hydroxylation is 1. The van der Waals surface area contributed by atoms with Gasteiger partial charge in [-0.25, -0.2) is 9.59 Å². The maximum absolute atomic E-state index is 12.3. The lowest BCUT2D eigenvalue weighted by molar-refractivity contribution is -0.119. The van der Waals surface area contributed by atoms with Crippen molar-refractivity contribution in [2.45, 2.75) is 32.6 Å². The van der Waals surface area contributed by atoms with Crippen LogP contribution < -0.4 is 11.1 Å². The molecule has 1 aromatic heterocycles. The van der Waals surface area contributed by atoms with Gasteiger partial charge in [-0.1, -0.05) is 12.1 Å². The molecule has 8 heteroatoms. The molecule has 28 heavy (non-hydrogen) atoms. The third-order valence-electron chi connectivity index (χ3n) is 4.45. The highest BCUT2D eigenvalue weighted by atomic mass is 32.1. The van der Waals surface area contributed by atoms with Gasteiger partial charge in [-0.3, -0.25) is 4.79 Å². The number of anilines is 2. The molecule has 1 fully saturated rings. The van der Waals surface area contributed by atoms with Crippen LogP contribution in [0, 0.1) is 6.92 Å². The molecule has 0 bridgehead atoms. The first kappa shape index (κ1) is 19.9. The van der Waals surface area contributed by atoms with Gasteiger partial charge in [0.05, 0.1) is 17.7 Å². The van der Waals surface area contributed by atoms with E-state index < -0.39 is 24.5 Å². The number of esters is 2. The Morgan fingerprint density at radius 3 is 2.64 bits per heavy atom. The average molecular weight is 402 g/mol. The SMILES string of the molecule is CCOC(=O)c1c(C2CC2)csc1NC(=O)COC(=O)c1cccc(C)c1N. The van der Waals surface area contributed by atoms with E-state index in [-0.39, 0.29) is 12.2 Å². The Morgan fingerprint density at radius 2 is 1.96 bits per heavy atom. The molecule has 3 N–H and O–H groups in total. The summed E-state index contributed by atoms with van der Waals surface area (Å²) in [6.07, 6.45) is 2.04. The van der Waals surface area contributed by atoms with Gasteiger partial charge in [0.15, 0.2) is 6.61 Å². The van der Waals surface area contributed by atoms with Crippen LogP contribution >= 0.6 is 11.3 Å². The summed E-state index contributed by atoms with van der Waals surface area (Å²) in [5.41, 5.74) is 8.48. The van der Waals surface area contributed by atoms with Crippen molar-refractivity contribution in [2.24, 2.45) is 0 Å². The third kappa shape index (κ3) is 4.33. The smallest absolute Gasteiger partial charge is 0.341 e. The van der Waals surface area contributed by atoms with Crippen LogP contribution in [0.4, 0.5) is 10.7 Å². The summed E-state index contributed by atoms with van der Waals surface area (Å²) in [5, 5.41) is 4.94. The van der Waals surface area contributed by atoms with Crippen LogP contribution in [0.15, 0.2) is 23.6 Å². The van der Waals surface area contributed by atoms with Gasteiger partial charge in [0.25, 0.3) is 5.91 Å². The van der Waals surface area contributed by atoms with Gasteiger partial charge in [0.1, 0.15) is 5.00 Å². The Morgan fingerprint density at radius 1 is 1.21 bits per heavy atom. The van der Waals surface area contributed by atoms with E-state index >= 15 is 0 Å². The molecule has 3 rings (SSSR count). The molecule has 0 unspecified atom stereocenters. The topological polar surface area (TPSA) is 108 Å². The molecule has 0 radical (unpaired) electrons. The van der Waals surface area contributed by atoms with Crippen molar-refractivity contribution in [3.63, 3.8) is 0 Å². The number of rotatable bonds is 7. The van der Waals surface area contributed by atoms with E-state index in [1.54, 1.807) is 32.0 Å². The highest BCUT2D eigenvalue weighted by Crippen LogP contribution is 2.46. The van der Waals surface area contributed by atoms with E-state index in [2.05, 4.69) is 5.32 Å². The monoisotopic (exact) mass is 402 g/mol. The molecular formula is C20H22N2O5S. The number of nitrogens with two attached hydrogens (primary N) is 1. The number of hydrogen-bond acceptors (Lipinski definition) is 7. The Hall–Kier alpha value is -2.87. The lowest BCUT2D eigenvalue weighted by Crippen LogP contribution is -2.22. The second-order valence-corrected chi connectivity index (χ2v) is 7.43. The minimum atomic E-state index is -0.674. The molecule has 1 amide bonds. The number of ether oxygens (including phenoxy) is 2. The maximum atomic E-state index is 12.3. The van der Waals surface area contributed by atoms with Gasteiger partial charge in [0, 0.05) is 5.69 Å². The molecule has 1 aliphatic carbocycles. The molecule has 148 valence electrons. The molecule has 0 atom stereocenters. The van der Waals surface area contributed by atoms with Gasteiger partial charge in [-0.15, -0.1) is 11.3 Å². The lowest BCUT2D eigenvalue weighted by atomic mass is 10.1. The van der Waals surface area contributed by atoms with Crippen molar-refractivity contribution >= 4 is 39.9 Å². The number of benzene rings is 1. The van der Waals surface area contributed by atoms with Crippen molar-refractivity contribution in [3.05, 3.63) is 45.8 Å². The molecule has 2 aromatic rings. The van der Waals surface area contributed by atoms with Crippen molar-refractivity contribution < 1.29 is 23.9 Å². The van der Waals surface area contributed by atoms with Crippen LogP contribution in [-0.4, -0.2) is 31.1 Å². The number of carbonyl (C=O) groups is 3. The van der Waals surface area contributed by atoms with E-state index in [0.29, 0.717) is 22.2 Å². The zero-order valence-electron chi connectivity index (χ0n) is 15.7. The fraction of sp³-hybridized carbons (Fsp3) is 0.350. The number of carbonyl (C=O) groups excluding carboxylic acids is 3. The van der Waals surface area contributed by atoms with Crippen LogP contribution in [0.25, 0.3) is 0 Å². The number of para-hydroxylation sites is 1. The number of amides is 1. The molecule has 0 aliphatic heterocycles. The Bertz CT molecular complexity index is 917. The second kappa shape index (κ2) is 8.43. The highest BCUT2D eigenvalue weighted by molar-refractivity contribution is 7.15. The summed E-state index contributed by atoms with van der Waals surface area (Å²) in [4.78, 5) is 36.8. The largest absolute Gasteiger partial charge is 0.462 e. The van der Waals surface area contributed by atoms with Crippen molar-refractivity contribution in [1.82, 2.24) is 0 Å². The summed E-state index contributed by atoms with van der Waals surface area (Å²) >= 11 is 1.27. The Balaban J connectivity index is 1.66. The quantitative estimate of drug-likeness (QED) is 0.542. The van der Waals surface area contributed by atoms with Crippen LogP contribution in [0.1, 0.15) is 57.5 Å². The maximum Gasteiger partial charge on any atom is 0.341 e. The van der Waals surface area contributed by atoms with Crippen molar-refractivity contribution in [2.75, 3.05) is 24.3 Å². The van der Waals surface area contributed by atoms with Gasteiger partial charge in [-0.05, 0) is 55.2 Å². The van der Waals surface area contributed by atoms with E-state index in [4.69, 9.17) is 15.2 Å². The molecule has 1 aromatic carbocycles. The fourth-order valence-electron chi connectivity index (χ4n) is 2.80. The fourth-order valence-corrected chi connectivity index (χ4v) is 3.85. The standard InChI is InChI=1S/C20H22N2O5S/c1-3-26-20(25)16-14(12-7-8-12)10-28-18(16)22-15(23)9-27-19(24)13-6-4-5-11(2)17(13)21/h4-6,10,12H,3,7-9,21H2,1-2H3,(H,22,23). The third-order valence-corrected chi connectivity index (χ3v) is 5.36. The van der Waals surface area contributed by atoms with Crippen LogP contribution in [0.2, 0.25) is 0 Å². The number of hydrogen-bond donors (Lipinski definition) is 2. The minimum absolute atomic E-state index is 0.215. The average Bonchev–Trinajstić information content (AvgIpc) is 3.43. The summed E-state index contributed by atoms with van der Waals surface area (Å²) in [5.74, 6) is -1.32. The summed E-state index contributed by atoms with van der Waals surface area (Å²) in [6, 6.07) is 5.02. The normalized spacial score (nSPS) is 13.1. The summed E-state index contributed by atoms with van der Waals surface area (Å²) < 4.78 is 10.2. The molecule has 0 spiro atoms. The van der Waals surface area contributed by atoms with Gasteiger partial charge in [0.2, 0.25) is 0 Å². The van der Waals surface area contributed by atoms with Crippen LogP contribution in [0.5, 0.6) is 0 Å². The van der Waals surface area contributed by atoms with Crippen LogP contribution in [-0.2, 0) is 14.3 Å². The molecular weight excluding hydrogens is 380 g/mol. The van der Waals surface area contributed by atoms with Crippen molar-refractivity contribution in [1.29, 1.82) is 0 Å². The van der Waals surface area contributed by atoms with Gasteiger partial charge < -0.3 is 20.5 Å². The first-order chi connectivity index (χ1) is 13.4. The molecule has 1 heterocycles. The number of thiophene rings is 1. The van der Waals surface area contributed by atoms with E-state index in [1.165, 1.54) is 11.3 Å². The number of nitrogen functional groups attached to an aromatic ring is 1. The van der Waals surface area contributed by atoms with Gasteiger partial charge >= 0.3 is 11.9 Å². The summed E-state index contributed by atoms with van der Waals surface area (Å²) in [6.45, 7) is 3.28. The number of nitrogens with one attached hydrogen (secondary N) is 1. The minimum Gasteiger partial charge on any atom is -0.462 e. The van der Waals surface area contributed by atoms with E-state index in [9.17, 15) is 14.4 Å². The summed E-state index contributed by atoms with van der Waals surface area (Å²) in [7, 11) is 0. The predicted octanol–water partition coefficient (Wildman–Crippen LogP) is 3.49. The second-order valence-electron chi connectivity index (χ2n) is 6.55. The highest BCUT2D eigenvalue weighted by Gasteiger charge is 2.32. The molecule has 7 nitrogen and oxygen atoms in total. The molecule has 1 saturated carbocycles. The lowest BCUT2D eigenvalue weighted by Gasteiger charge is -2.10. The molecule has 0 saturated heterocycles. The molecule has 1 aliphatic rings. The van der Waals surface area contributed by atoms with E-state index in [0.717, 1.165) is 24.0 Å². The van der Waals surface area contributed by atoms with E-state index in [1.807, 2.05) is 5.38 Å². The van der Waals surface area contributed by atoms with Gasteiger partial charge in [-0.2, -0.15) is 0 Å². The Labute approximate surface area is 166 Å². The van der Waals surface area contributed by atoms with Crippen molar-refractivity contribution in [3.8, 4) is 0 Å². The first-order valence-electron chi connectivity index (χ1n) is 9.02. The Kier molecular flexibility index (Phi) is 5.99. The predicted molar refractivity (Wildman–Crippen MR) is 107 cm³/mol. The zero-order valence-corrected chi connectivity index (χ0v) is 16.6. The van der Waals surface area contributed by atoms with Crippen LogP contribution in [0.3, 0.4) is 0 Å².